The van der Waals surface area contributed by atoms with E-state index in [-0.39, 0.29) is 6.73 Å². The molecule has 0 radical (unpaired) electrons. The second-order valence-electron chi connectivity index (χ2n) is 4.29. The highest BCUT2D eigenvalue weighted by Crippen LogP contribution is 2.31. The van der Waals surface area contributed by atoms with Crippen LogP contribution in [0.4, 0.5) is 5.69 Å². The van der Waals surface area contributed by atoms with E-state index < -0.39 is 0 Å². The fourth-order valence-corrected chi connectivity index (χ4v) is 2.44. The number of fused-ring (bicyclic) bond motifs is 1. The van der Waals surface area contributed by atoms with Gasteiger partial charge in [0.2, 0.25) is 0 Å². The Morgan fingerprint density at radius 3 is 2.80 bits per heavy atom. The number of halogens is 2. The number of hydrogen-bond donors (Lipinski definition) is 3. The van der Waals surface area contributed by atoms with Gasteiger partial charge in [0.25, 0.3) is 0 Å². The van der Waals surface area contributed by atoms with E-state index in [4.69, 9.17) is 28.3 Å². The third-order valence-electron chi connectivity index (χ3n) is 3.05. The standard InChI is InChI=1S/C14H11Cl2N3O/c15-11-2-1-8(4-13(11)19-7-20)9-3-10-12(16)6-18-14(10)17-5-9/h1-6,19-20H,7H2,(H,17,18). The number of pyridine rings is 1. The normalized spacial score (nSPS) is 10.9. The lowest BCUT2D eigenvalue weighted by molar-refractivity contribution is 0.325. The molecular formula is C14H11Cl2N3O. The predicted molar refractivity (Wildman–Crippen MR) is 82.3 cm³/mol. The van der Waals surface area contributed by atoms with Gasteiger partial charge in [0.05, 0.1) is 15.7 Å². The van der Waals surface area contributed by atoms with E-state index in [9.17, 15) is 0 Å². The molecule has 3 rings (SSSR count). The third-order valence-corrected chi connectivity index (χ3v) is 3.69. The van der Waals surface area contributed by atoms with Crippen molar-refractivity contribution in [3.8, 4) is 11.1 Å². The Hall–Kier alpha value is -1.75. The molecule has 0 saturated heterocycles. The van der Waals surface area contributed by atoms with Crippen molar-refractivity contribution < 1.29 is 5.11 Å². The average molecular weight is 308 g/mol. The molecule has 0 aliphatic heterocycles. The van der Waals surface area contributed by atoms with E-state index in [0.29, 0.717) is 15.7 Å². The van der Waals surface area contributed by atoms with Gasteiger partial charge in [-0.25, -0.2) is 4.98 Å². The molecule has 0 unspecified atom stereocenters. The summed E-state index contributed by atoms with van der Waals surface area (Å²) in [5.41, 5.74) is 3.29. The number of aliphatic hydroxyl groups is 1. The van der Waals surface area contributed by atoms with Crippen LogP contribution in [0.25, 0.3) is 22.2 Å². The number of aromatic nitrogens is 2. The maximum absolute atomic E-state index is 8.95. The summed E-state index contributed by atoms with van der Waals surface area (Å²) in [6.45, 7) is -0.176. The van der Waals surface area contributed by atoms with Crippen molar-refractivity contribution in [3.63, 3.8) is 0 Å². The van der Waals surface area contributed by atoms with Crippen LogP contribution >= 0.6 is 23.2 Å². The summed E-state index contributed by atoms with van der Waals surface area (Å²) in [6, 6.07) is 7.50. The number of nitrogens with one attached hydrogen (secondary N) is 2. The fourth-order valence-electron chi connectivity index (χ4n) is 2.05. The first-order valence-corrected chi connectivity index (χ1v) is 6.72. The molecule has 2 heterocycles. The van der Waals surface area contributed by atoms with E-state index in [1.54, 1.807) is 18.5 Å². The van der Waals surface area contributed by atoms with Crippen molar-refractivity contribution in [2.75, 3.05) is 12.0 Å². The molecular weight excluding hydrogens is 297 g/mol. The molecule has 20 heavy (non-hydrogen) atoms. The molecule has 6 heteroatoms. The van der Waals surface area contributed by atoms with Gasteiger partial charge in [-0.2, -0.15) is 0 Å². The first kappa shape index (κ1) is 13.2. The van der Waals surface area contributed by atoms with Gasteiger partial charge in [-0.1, -0.05) is 29.3 Å². The zero-order valence-corrected chi connectivity index (χ0v) is 11.8. The second-order valence-corrected chi connectivity index (χ2v) is 5.10. The average Bonchev–Trinajstić information content (AvgIpc) is 2.83. The quantitative estimate of drug-likeness (QED) is 0.643. The van der Waals surface area contributed by atoms with Crippen LogP contribution in [0.15, 0.2) is 36.7 Å². The Morgan fingerprint density at radius 1 is 1.15 bits per heavy atom. The number of rotatable bonds is 3. The monoisotopic (exact) mass is 307 g/mol. The lowest BCUT2D eigenvalue weighted by Crippen LogP contribution is -2.00. The van der Waals surface area contributed by atoms with E-state index in [1.165, 1.54) is 0 Å². The van der Waals surface area contributed by atoms with Gasteiger partial charge in [0, 0.05) is 23.3 Å². The van der Waals surface area contributed by atoms with E-state index in [1.807, 2.05) is 18.2 Å². The second kappa shape index (κ2) is 5.32. The molecule has 0 aliphatic rings. The molecule has 1 aromatic carbocycles. The van der Waals surface area contributed by atoms with Crippen LogP contribution in [0, 0.1) is 0 Å². The lowest BCUT2D eigenvalue weighted by atomic mass is 10.1. The van der Waals surface area contributed by atoms with Crippen molar-refractivity contribution in [2.45, 2.75) is 0 Å². The third kappa shape index (κ3) is 2.33. The lowest BCUT2D eigenvalue weighted by Gasteiger charge is -2.08. The zero-order chi connectivity index (χ0) is 14.1. The van der Waals surface area contributed by atoms with Gasteiger partial charge in [0.15, 0.2) is 0 Å². The Kier molecular flexibility index (Phi) is 3.53. The number of aromatic amines is 1. The van der Waals surface area contributed by atoms with Gasteiger partial charge in [-0.15, -0.1) is 0 Å². The van der Waals surface area contributed by atoms with E-state index >= 15 is 0 Å². The smallest absolute Gasteiger partial charge is 0.138 e. The minimum absolute atomic E-state index is 0.176. The molecule has 0 atom stereocenters. The minimum atomic E-state index is -0.176. The summed E-state index contributed by atoms with van der Waals surface area (Å²) < 4.78 is 0. The summed E-state index contributed by atoms with van der Waals surface area (Å²) in [4.78, 5) is 7.33. The molecule has 0 saturated carbocycles. The molecule has 3 N–H and O–H groups in total. The number of aliphatic hydroxyl groups excluding tert-OH is 1. The topological polar surface area (TPSA) is 60.9 Å². The highest BCUT2D eigenvalue weighted by atomic mass is 35.5. The van der Waals surface area contributed by atoms with Gasteiger partial charge < -0.3 is 15.4 Å². The van der Waals surface area contributed by atoms with Crippen LogP contribution in [0.2, 0.25) is 10.0 Å². The number of H-pyrrole nitrogens is 1. The number of anilines is 1. The van der Waals surface area contributed by atoms with Crippen molar-refractivity contribution in [1.82, 2.24) is 9.97 Å². The molecule has 102 valence electrons. The van der Waals surface area contributed by atoms with E-state index in [2.05, 4.69) is 15.3 Å². The summed E-state index contributed by atoms with van der Waals surface area (Å²) in [5.74, 6) is 0. The van der Waals surface area contributed by atoms with Gasteiger partial charge in [-0.3, -0.25) is 0 Å². The van der Waals surface area contributed by atoms with Crippen LogP contribution in [0.1, 0.15) is 0 Å². The van der Waals surface area contributed by atoms with Crippen molar-refractivity contribution >= 4 is 39.9 Å². The predicted octanol–water partition coefficient (Wildman–Crippen LogP) is 3.90. The van der Waals surface area contributed by atoms with Crippen LogP contribution in [-0.2, 0) is 0 Å². The Morgan fingerprint density at radius 2 is 2.00 bits per heavy atom. The summed E-state index contributed by atoms with van der Waals surface area (Å²) >= 11 is 12.2. The Labute approximate surface area is 125 Å². The largest absolute Gasteiger partial charge is 0.377 e. The summed E-state index contributed by atoms with van der Waals surface area (Å²) in [7, 11) is 0. The van der Waals surface area contributed by atoms with Crippen LogP contribution in [0.5, 0.6) is 0 Å². The molecule has 0 bridgehead atoms. The maximum atomic E-state index is 8.95. The Bertz CT molecular complexity index is 770. The Balaban J connectivity index is 2.10. The summed E-state index contributed by atoms with van der Waals surface area (Å²) in [6.07, 6.45) is 3.48. The SMILES string of the molecule is OCNc1cc(-c2cnc3[nH]cc(Cl)c3c2)ccc1Cl. The fraction of sp³-hybridized carbons (Fsp3) is 0.0714. The highest BCUT2D eigenvalue weighted by Gasteiger charge is 2.07. The van der Waals surface area contributed by atoms with Crippen molar-refractivity contribution in [2.24, 2.45) is 0 Å². The molecule has 4 nitrogen and oxygen atoms in total. The van der Waals surface area contributed by atoms with Gasteiger partial charge in [-0.05, 0) is 23.8 Å². The van der Waals surface area contributed by atoms with Crippen LogP contribution < -0.4 is 5.32 Å². The summed E-state index contributed by atoms with van der Waals surface area (Å²) in [5, 5.41) is 13.8. The van der Waals surface area contributed by atoms with Crippen LogP contribution in [0.3, 0.4) is 0 Å². The number of nitrogens with zero attached hydrogens (tertiary/aromatic N) is 1. The zero-order valence-electron chi connectivity index (χ0n) is 10.3. The first-order valence-electron chi connectivity index (χ1n) is 5.96. The highest BCUT2D eigenvalue weighted by molar-refractivity contribution is 6.35. The van der Waals surface area contributed by atoms with Crippen LogP contribution in [-0.4, -0.2) is 21.8 Å². The molecule has 0 spiro atoms. The van der Waals surface area contributed by atoms with E-state index in [0.717, 1.165) is 22.2 Å². The van der Waals surface area contributed by atoms with Crippen molar-refractivity contribution in [1.29, 1.82) is 0 Å². The van der Waals surface area contributed by atoms with Gasteiger partial charge in [0.1, 0.15) is 12.4 Å². The first-order chi connectivity index (χ1) is 9.69. The molecule has 0 amide bonds. The molecule has 0 aliphatic carbocycles. The molecule has 0 fully saturated rings. The van der Waals surface area contributed by atoms with Crippen molar-refractivity contribution in [3.05, 3.63) is 46.7 Å². The molecule has 2 aromatic heterocycles. The number of benzene rings is 1. The number of hydrogen-bond acceptors (Lipinski definition) is 3. The molecule has 3 aromatic rings. The van der Waals surface area contributed by atoms with Gasteiger partial charge >= 0.3 is 0 Å². The maximum Gasteiger partial charge on any atom is 0.138 e. The minimum Gasteiger partial charge on any atom is -0.377 e.